The van der Waals surface area contributed by atoms with Gasteiger partial charge in [0.1, 0.15) is 18.5 Å². The number of anilines is 1. The second-order valence-corrected chi connectivity index (χ2v) is 10.00. The molecule has 0 radical (unpaired) electrons. The zero-order valence-corrected chi connectivity index (χ0v) is 23.6. The summed E-state index contributed by atoms with van der Waals surface area (Å²) in [5.41, 5.74) is 0.788. The Hall–Kier alpha value is -4.77. The lowest BCUT2D eigenvalue weighted by Gasteiger charge is -2.40. The molecule has 0 aromatic heterocycles. The third kappa shape index (κ3) is 4.46. The van der Waals surface area contributed by atoms with E-state index in [2.05, 4.69) is 11.6 Å². The molecule has 3 atom stereocenters. The van der Waals surface area contributed by atoms with E-state index in [9.17, 15) is 19.2 Å². The van der Waals surface area contributed by atoms with E-state index < -0.39 is 41.3 Å². The number of hydrogen-bond donors (Lipinski definition) is 0. The van der Waals surface area contributed by atoms with Gasteiger partial charge in [0.05, 0.1) is 45.0 Å². The van der Waals surface area contributed by atoms with Crippen LogP contribution in [-0.2, 0) is 50.1 Å². The molecule has 2 aromatic rings. The number of methoxy groups -OCH3 is 3. The molecule has 11 heteroatoms. The van der Waals surface area contributed by atoms with Gasteiger partial charge < -0.3 is 23.8 Å². The zero-order valence-electron chi connectivity index (χ0n) is 23.6. The molecule has 2 aromatic carbocycles. The monoisotopic (exact) mass is 573 g/mol. The number of amidine groups is 1. The van der Waals surface area contributed by atoms with E-state index in [0.29, 0.717) is 0 Å². The topological polar surface area (TPSA) is 124 Å². The van der Waals surface area contributed by atoms with Crippen LogP contribution in [-0.4, -0.2) is 81.1 Å². The van der Waals surface area contributed by atoms with Crippen LogP contribution in [0.1, 0.15) is 17.5 Å². The summed E-state index contributed by atoms with van der Waals surface area (Å²) in [7, 11) is 3.62. The quantitative estimate of drug-likeness (QED) is 0.253. The van der Waals surface area contributed by atoms with Gasteiger partial charge in [-0.25, -0.2) is 19.4 Å². The van der Waals surface area contributed by atoms with E-state index in [1.54, 1.807) is 6.08 Å². The van der Waals surface area contributed by atoms with Crippen molar-refractivity contribution in [2.45, 2.75) is 30.5 Å². The van der Waals surface area contributed by atoms with E-state index in [4.69, 9.17) is 18.9 Å². The average molecular weight is 574 g/mol. The molecule has 1 spiro atoms. The molecule has 218 valence electrons. The molecule has 1 saturated heterocycles. The molecule has 1 fully saturated rings. The number of rotatable bonds is 9. The Labute approximate surface area is 243 Å². The summed E-state index contributed by atoms with van der Waals surface area (Å²) in [4.78, 5) is 61.5. The van der Waals surface area contributed by atoms with Crippen LogP contribution < -0.4 is 4.90 Å². The van der Waals surface area contributed by atoms with E-state index in [0.717, 1.165) is 16.8 Å². The molecular formula is C31H31N3O8. The van der Waals surface area contributed by atoms with Gasteiger partial charge in [-0.1, -0.05) is 54.6 Å². The molecule has 1 amide bonds. The molecule has 0 saturated carbocycles. The van der Waals surface area contributed by atoms with Crippen LogP contribution in [0.25, 0.3) is 0 Å². The van der Waals surface area contributed by atoms with Gasteiger partial charge >= 0.3 is 17.9 Å². The number of para-hydroxylation sites is 1. The van der Waals surface area contributed by atoms with Gasteiger partial charge in [-0.05, 0) is 23.6 Å². The lowest BCUT2D eigenvalue weighted by molar-refractivity contribution is -0.150. The highest BCUT2D eigenvalue weighted by atomic mass is 16.5. The van der Waals surface area contributed by atoms with Crippen LogP contribution in [0.15, 0.2) is 83.5 Å². The van der Waals surface area contributed by atoms with Crippen molar-refractivity contribution < 1.29 is 38.1 Å². The van der Waals surface area contributed by atoms with Gasteiger partial charge in [-0.15, -0.1) is 6.58 Å². The van der Waals surface area contributed by atoms with Crippen molar-refractivity contribution in [3.63, 3.8) is 0 Å². The minimum atomic E-state index is -1.20. The zero-order chi connectivity index (χ0) is 30.0. The number of aliphatic imine (C=N–C) groups is 1. The number of carbonyl (C=O) groups excluding carboxylic acids is 4. The Kier molecular flexibility index (Phi) is 7.95. The summed E-state index contributed by atoms with van der Waals surface area (Å²) in [6, 6.07) is 14.8. The Balaban J connectivity index is 1.70. The van der Waals surface area contributed by atoms with Gasteiger partial charge in [0.15, 0.2) is 5.70 Å². The van der Waals surface area contributed by atoms with Gasteiger partial charge in [0.2, 0.25) is 0 Å². The molecule has 3 aliphatic rings. The van der Waals surface area contributed by atoms with Crippen molar-refractivity contribution in [3.05, 3.63) is 89.6 Å². The molecule has 0 unspecified atom stereocenters. The molecule has 3 aliphatic heterocycles. The lowest BCUT2D eigenvalue weighted by Crippen LogP contribution is -2.56. The predicted molar refractivity (Wildman–Crippen MR) is 151 cm³/mol. The van der Waals surface area contributed by atoms with Crippen LogP contribution in [0.2, 0.25) is 0 Å². The fourth-order valence-electron chi connectivity index (χ4n) is 6.25. The molecular weight excluding hydrogens is 542 g/mol. The smallest absolute Gasteiger partial charge is 0.357 e. The number of nitrogens with zero attached hydrogens (tertiary/aromatic N) is 3. The third-order valence-corrected chi connectivity index (χ3v) is 7.86. The van der Waals surface area contributed by atoms with Crippen LogP contribution in [0.3, 0.4) is 0 Å². The van der Waals surface area contributed by atoms with Crippen molar-refractivity contribution in [2.75, 3.05) is 39.4 Å². The third-order valence-electron chi connectivity index (χ3n) is 7.86. The van der Waals surface area contributed by atoms with Gasteiger partial charge in [0, 0.05) is 12.2 Å². The van der Waals surface area contributed by atoms with Crippen LogP contribution in [0.4, 0.5) is 5.69 Å². The first-order valence-corrected chi connectivity index (χ1v) is 13.3. The van der Waals surface area contributed by atoms with Crippen molar-refractivity contribution in [2.24, 2.45) is 4.99 Å². The fourth-order valence-corrected chi connectivity index (χ4v) is 6.25. The molecule has 11 nitrogen and oxygen atoms in total. The maximum absolute atomic E-state index is 13.9. The number of ether oxygens (including phenoxy) is 4. The number of likely N-dealkylation sites (tertiary alicyclic amines) is 1. The number of hydrogen-bond acceptors (Lipinski definition) is 10. The number of esters is 3. The SMILES string of the molecule is C=CCN1c2ccccc2[C@]23C[C@@H](C(=O)OC)N(C(=O)COCc4ccccc4)C2=NC(C(=O)OC)=C(C(=O)OC)[C@H]13. The van der Waals surface area contributed by atoms with Gasteiger partial charge in [-0.2, -0.15) is 0 Å². The van der Waals surface area contributed by atoms with Crippen LogP contribution in [0, 0.1) is 0 Å². The highest BCUT2D eigenvalue weighted by Crippen LogP contribution is 2.57. The normalized spacial score (nSPS) is 22.0. The Bertz CT molecular complexity index is 1500. The van der Waals surface area contributed by atoms with Crippen molar-refractivity contribution in [1.82, 2.24) is 4.90 Å². The highest BCUT2D eigenvalue weighted by Gasteiger charge is 2.67. The minimum absolute atomic E-state index is 0.0349. The van der Waals surface area contributed by atoms with E-state index in [1.165, 1.54) is 26.2 Å². The fraction of sp³-hybridized carbons (Fsp3) is 0.323. The summed E-state index contributed by atoms with van der Waals surface area (Å²) < 4.78 is 21.0. The Morgan fingerprint density at radius 1 is 0.976 bits per heavy atom. The lowest BCUT2D eigenvalue weighted by atomic mass is 9.69. The first-order chi connectivity index (χ1) is 20.3. The van der Waals surface area contributed by atoms with E-state index in [-0.39, 0.29) is 43.3 Å². The predicted octanol–water partition coefficient (Wildman–Crippen LogP) is 2.30. The summed E-state index contributed by atoms with van der Waals surface area (Å²) in [6.45, 7) is 3.96. The second kappa shape index (κ2) is 11.6. The standard InChI is InChI=1S/C31H31N3O8/c1-5-15-33-21-14-10-9-13-20(21)31-16-22(27(36)39-2)34(23(35)18-42-17-19-11-7-6-8-12-19)30(31)32-25(29(38)41-4)24(26(31)33)28(37)40-3/h5-14,22,26H,1,15-18H2,2-4H3/t22-,26-,31-/m0/s1. The number of benzene rings is 2. The molecule has 42 heavy (non-hydrogen) atoms. The van der Waals surface area contributed by atoms with E-state index >= 15 is 0 Å². The Morgan fingerprint density at radius 3 is 2.33 bits per heavy atom. The second-order valence-electron chi connectivity index (χ2n) is 10.00. The first-order valence-electron chi connectivity index (χ1n) is 13.3. The largest absolute Gasteiger partial charge is 0.467 e. The van der Waals surface area contributed by atoms with Gasteiger partial charge in [0.25, 0.3) is 5.91 Å². The number of carbonyl (C=O) groups is 4. The Morgan fingerprint density at radius 2 is 1.67 bits per heavy atom. The highest BCUT2D eigenvalue weighted by molar-refractivity contribution is 6.17. The summed E-state index contributed by atoms with van der Waals surface area (Å²) >= 11 is 0. The van der Waals surface area contributed by atoms with Crippen LogP contribution in [0.5, 0.6) is 0 Å². The maximum Gasteiger partial charge on any atom is 0.357 e. The van der Waals surface area contributed by atoms with Crippen molar-refractivity contribution in [3.8, 4) is 0 Å². The van der Waals surface area contributed by atoms with Crippen molar-refractivity contribution in [1.29, 1.82) is 0 Å². The molecule has 0 N–H and O–H groups in total. The van der Waals surface area contributed by atoms with Crippen LogP contribution >= 0.6 is 0 Å². The maximum atomic E-state index is 13.9. The average Bonchev–Trinajstić information content (AvgIpc) is 3.51. The molecule has 3 heterocycles. The number of amides is 1. The number of fused-ring (bicyclic) bond motifs is 1. The molecule has 0 aliphatic carbocycles. The summed E-state index contributed by atoms with van der Waals surface area (Å²) in [5, 5.41) is 0. The van der Waals surface area contributed by atoms with Gasteiger partial charge in [-0.3, -0.25) is 9.69 Å². The van der Waals surface area contributed by atoms with E-state index in [1.807, 2.05) is 59.5 Å². The summed E-state index contributed by atoms with van der Waals surface area (Å²) in [6.07, 6.45) is 1.70. The summed E-state index contributed by atoms with van der Waals surface area (Å²) in [5.74, 6) is -2.77. The first kappa shape index (κ1) is 28.7. The molecule has 0 bridgehead atoms. The minimum Gasteiger partial charge on any atom is -0.467 e. The van der Waals surface area contributed by atoms with Crippen molar-refractivity contribution >= 4 is 35.3 Å². The molecule has 5 rings (SSSR count).